The molecule has 0 spiro atoms. The van der Waals surface area contributed by atoms with Gasteiger partial charge in [-0.2, -0.15) is 5.26 Å². The number of nitrogens with zero attached hydrogens (tertiary/aromatic N) is 2. The Balaban J connectivity index is 2.09. The lowest BCUT2D eigenvalue weighted by Gasteiger charge is -2.36. The minimum atomic E-state index is -0.558. The predicted octanol–water partition coefficient (Wildman–Crippen LogP) is 2.07. The minimum Gasteiger partial charge on any atom is -0.382 e. The van der Waals surface area contributed by atoms with Gasteiger partial charge in [-0.1, -0.05) is 0 Å². The zero-order valence-corrected chi connectivity index (χ0v) is 11.8. The van der Waals surface area contributed by atoms with E-state index in [1.165, 1.54) is 12.1 Å². The van der Waals surface area contributed by atoms with Gasteiger partial charge in [-0.15, -0.1) is 0 Å². The Bertz CT molecular complexity index is 562. The average molecular weight is 291 g/mol. The molecule has 1 heterocycles. The highest BCUT2D eigenvalue weighted by Crippen LogP contribution is 2.26. The van der Waals surface area contributed by atoms with Crippen molar-refractivity contribution in [2.45, 2.75) is 18.4 Å². The van der Waals surface area contributed by atoms with Crippen LogP contribution in [0.5, 0.6) is 0 Å². The third kappa shape index (κ3) is 3.48. The van der Waals surface area contributed by atoms with E-state index in [-0.39, 0.29) is 16.9 Å². The van der Waals surface area contributed by atoms with Crippen LogP contribution in [0.3, 0.4) is 0 Å². The second-order valence-corrected chi connectivity index (χ2v) is 4.95. The molecule has 1 fully saturated rings. The number of benzene rings is 1. The molecule has 0 saturated carbocycles. The van der Waals surface area contributed by atoms with Gasteiger partial charge in [-0.25, -0.2) is 0 Å². The van der Waals surface area contributed by atoms with E-state index in [1.54, 1.807) is 13.2 Å². The van der Waals surface area contributed by atoms with Crippen LogP contribution >= 0.6 is 0 Å². The Morgan fingerprint density at radius 2 is 2.24 bits per heavy atom. The van der Waals surface area contributed by atoms with Crippen molar-refractivity contribution in [1.29, 1.82) is 5.26 Å². The lowest BCUT2D eigenvalue weighted by atomic mass is 9.94. The van der Waals surface area contributed by atoms with Gasteiger partial charge in [0.25, 0.3) is 5.69 Å². The van der Waals surface area contributed by atoms with Gasteiger partial charge in [0.15, 0.2) is 0 Å². The Hall–Kier alpha value is -2.17. The maximum Gasteiger partial charge on any atom is 0.287 e. The number of anilines is 1. The smallest absolute Gasteiger partial charge is 0.287 e. The zero-order chi connectivity index (χ0) is 15.3. The number of ether oxygens (including phenoxy) is 2. The molecule has 21 heavy (non-hydrogen) atoms. The van der Waals surface area contributed by atoms with Gasteiger partial charge in [0.05, 0.1) is 10.5 Å². The van der Waals surface area contributed by atoms with Crippen molar-refractivity contribution >= 4 is 11.4 Å². The first kappa shape index (κ1) is 15.2. The van der Waals surface area contributed by atoms with Crippen LogP contribution in [-0.2, 0) is 9.47 Å². The van der Waals surface area contributed by atoms with E-state index in [1.807, 2.05) is 6.07 Å². The van der Waals surface area contributed by atoms with Crippen molar-refractivity contribution in [3.63, 3.8) is 0 Å². The van der Waals surface area contributed by atoms with E-state index in [2.05, 4.69) is 5.32 Å². The monoisotopic (exact) mass is 291 g/mol. The molecule has 0 atom stereocenters. The van der Waals surface area contributed by atoms with Crippen LogP contribution in [0.4, 0.5) is 11.4 Å². The highest BCUT2D eigenvalue weighted by molar-refractivity contribution is 5.58. The number of hydrogen-bond donors (Lipinski definition) is 1. The summed E-state index contributed by atoms with van der Waals surface area (Å²) in [6.45, 7) is 1.87. The van der Waals surface area contributed by atoms with Crippen molar-refractivity contribution < 1.29 is 14.4 Å². The van der Waals surface area contributed by atoms with E-state index in [0.29, 0.717) is 25.4 Å². The molecule has 1 aliphatic heterocycles. The maximum atomic E-state index is 10.8. The van der Waals surface area contributed by atoms with Crippen molar-refractivity contribution in [2.24, 2.45) is 0 Å². The number of nitriles is 1. The van der Waals surface area contributed by atoms with E-state index in [9.17, 15) is 10.1 Å². The van der Waals surface area contributed by atoms with Gasteiger partial charge < -0.3 is 14.8 Å². The van der Waals surface area contributed by atoms with Crippen molar-refractivity contribution in [2.75, 3.05) is 32.2 Å². The quantitative estimate of drug-likeness (QED) is 0.659. The van der Waals surface area contributed by atoms with Gasteiger partial charge >= 0.3 is 0 Å². The van der Waals surface area contributed by atoms with E-state index < -0.39 is 4.92 Å². The predicted molar refractivity (Wildman–Crippen MR) is 76.1 cm³/mol. The summed E-state index contributed by atoms with van der Waals surface area (Å²) in [6, 6.07) is 6.27. The van der Waals surface area contributed by atoms with Crippen molar-refractivity contribution in [3.8, 4) is 6.07 Å². The fourth-order valence-electron chi connectivity index (χ4n) is 2.35. The molecule has 0 aromatic heterocycles. The van der Waals surface area contributed by atoms with Crippen LogP contribution < -0.4 is 5.32 Å². The van der Waals surface area contributed by atoms with E-state index >= 15 is 0 Å². The van der Waals surface area contributed by atoms with Crippen molar-refractivity contribution in [1.82, 2.24) is 0 Å². The Kier molecular flexibility index (Phi) is 4.73. The Morgan fingerprint density at radius 1 is 1.52 bits per heavy atom. The summed E-state index contributed by atoms with van der Waals surface area (Å²) in [4.78, 5) is 10.2. The molecule has 0 amide bonds. The molecular weight excluding hydrogens is 274 g/mol. The van der Waals surface area contributed by atoms with Gasteiger partial charge in [0.1, 0.15) is 11.6 Å². The molecular formula is C14H17N3O4. The van der Waals surface area contributed by atoms with Crippen LogP contribution in [-0.4, -0.2) is 37.4 Å². The lowest BCUT2D eigenvalue weighted by molar-refractivity contribution is -0.385. The first-order valence-electron chi connectivity index (χ1n) is 6.65. The number of rotatable bonds is 5. The number of nitrogens with one attached hydrogen (secondary N) is 1. The molecule has 1 saturated heterocycles. The molecule has 0 unspecified atom stereocenters. The third-order valence-corrected chi connectivity index (χ3v) is 3.77. The van der Waals surface area contributed by atoms with Crippen LogP contribution in [0, 0.1) is 21.4 Å². The summed E-state index contributed by atoms with van der Waals surface area (Å²) in [5.74, 6) is 0. The molecule has 1 N–H and O–H groups in total. The fraction of sp³-hybridized carbons (Fsp3) is 0.500. The molecule has 0 aliphatic carbocycles. The van der Waals surface area contributed by atoms with Gasteiger partial charge in [-0.3, -0.25) is 10.1 Å². The number of nitro groups is 1. The standard InChI is InChI=1S/C14H17N3O4/c1-20-14(4-6-21-7-5-14)10-16-12-2-3-13(17(18)19)11(8-12)9-15/h2-3,8,16H,4-7,10H2,1H3. The van der Waals surface area contributed by atoms with Gasteiger partial charge in [0.2, 0.25) is 0 Å². The fourth-order valence-corrected chi connectivity index (χ4v) is 2.35. The number of nitro benzene ring substituents is 1. The Morgan fingerprint density at radius 3 is 2.81 bits per heavy atom. The summed E-state index contributed by atoms with van der Waals surface area (Å²) < 4.78 is 10.9. The van der Waals surface area contributed by atoms with E-state index in [4.69, 9.17) is 14.7 Å². The number of hydrogen-bond acceptors (Lipinski definition) is 6. The molecule has 1 aromatic carbocycles. The maximum absolute atomic E-state index is 10.8. The van der Waals surface area contributed by atoms with Gasteiger partial charge in [0, 0.05) is 51.5 Å². The zero-order valence-electron chi connectivity index (χ0n) is 11.8. The average Bonchev–Trinajstić information content (AvgIpc) is 2.53. The SMILES string of the molecule is COC1(CNc2ccc([N+](=O)[O-])c(C#N)c2)CCOCC1. The minimum absolute atomic E-state index is 0.0449. The summed E-state index contributed by atoms with van der Waals surface area (Å²) in [6.07, 6.45) is 1.57. The van der Waals surface area contributed by atoms with Crippen LogP contribution in [0.15, 0.2) is 18.2 Å². The molecule has 7 heteroatoms. The first-order chi connectivity index (χ1) is 10.1. The normalized spacial score (nSPS) is 17.0. The molecule has 1 aromatic rings. The third-order valence-electron chi connectivity index (χ3n) is 3.77. The largest absolute Gasteiger partial charge is 0.382 e. The van der Waals surface area contributed by atoms with Crippen LogP contribution in [0.2, 0.25) is 0 Å². The second-order valence-electron chi connectivity index (χ2n) is 4.95. The summed E-state index contributed by atoms with van der Waals surface area (Å²) >= 11 is 0. The highest BCUT2D eigenvalue weighted by atomic mass is 16.6. The second kappa shape index (κ2) is 6.52. The molecule has 1 aliphatic rings. The van der Waals surface area contributed by atoms with Crippen LogP contribution in [0.1, 0.15) is 18.4 Å². The Labute approximate surface area is 122 Å². The first-order valence-corrected chi connectivity index (χ1v) is 6.65. The number of methoxy groups -OCH3 is 1. The molecule has 7 nitrogen and oxygen atoms in total. The molecule has 112 valence electrons. The summed E-state index contributed by atoms with van der Waals surface area (Å²) in [5.41, 5.74) is 0.228. The van der Waals surface area contributed by atoms with Crippen LogP contribution in [0.25, 0.3) is 0 Å². The molecule has 2 rings (SSSR count). The highest BCUT2D eigenvalue weighted by Gasteiger charge is 2.32. The van der Waals surface area contributed by atoms with Crippen molar-refractivity contribution in [3.05, 3.63) is 33.9 Å². The van der Waals surface area contributed by atoms with E-state index in [0.717, 1.165) is 12.8 Å². The lowest BCUT2D eigenvalue weighted by Crippen LogP contribution is -2.44. The molecule has 0 radical (unpaired) electrons. The molecule has 0 bridgehead atoms. The van der Waals surface area contributed by atoms with Gasteiger partial charge in [-0.05, 0) is 12.1 Å². The summed E-state index contributed by atoms with van der Waals surface area (Å²) in [7, 11) is 1.67. The topological polar surface area (TPSA) is 97.4 Å². The summed E-state index contributed by atoms with van der Waals surface area (Å²) in [5, 5.41) is 23.0.